The van der Waals surface area contributed by atoms with E-state index in [0.29, 0.717) is 21.3 Å². The molecule has 0 saturated heterocycles. The maximum atomic E-state index is 11.8. The number of amides is 1. The van der Waals surface area contributed by atoms with Crippen molar-refractivity contribution >= 4 is 34.8 Å². The molecule has 0 aliphatic rings. The molecule has 1 atom stereocenters. The molecule has 0 radical (unpaired) electrons. The molecule has 0 aliphatic carbocycles. The van der Waals surface area contributed by atoms with Crippen molar-refractivity contribution in [1.82, 2.24) is 0 Å². The van der Waals surface area contributed by atoms with Gasteiger partial charge in [-0.25, -0.2) is 0 Å². The van der Waals surface area contributed by atoms with Crippen molar-refractivity contribution in [3.05, 3.63) is 63.1 Å². The molecule has 0 heterocycles. The Morgan fingerprint density at radius 1 is 1.15 bits per heavy atom. The van der Waals surface area contributed by atoms with Crippen LogP contribution >= 0.6 is 23.2 Å². The molecule has 0 unspecified atom stereocenters. The van der Waals surface area contributed by atoms with Crippen molar-refractivity contribution in [3.63, 3.8) is 0 Å². The molecule has 1 amide bonds. The van der Waals surface area contributed by atoms with Gasteiger partial charge in [0.25, 0.3) is 0 Å². The number of nitrogens with two attached hydrogens (primary N) is 2. The Balaban J connectivity index is 2.57. The first-order valence-electron chi connectivity index (χ1n) is 6.00. The summed E-state index contributed by atoms with van der Waals surface area (Å²) in [5.74, 6) is -1.10. The van der Waals surface area contributed by atoms with E-state index in [2.05, 4.69) is 0 Å². The number of carbonyl (C=O) groups is 1. The summed E-state index contributed by atoms with van der Waals surface area (Å²) in [4.78, 5) is 11.8. The monoisotopic (exact) mass is 308 g/mol. The summed E-state index contributed by atoms with van der Waals surface area (Å²) >= 11 is 12.1. The molecule has 0 fully saturated rings. The number of benzene rings is 2. The first kappa shape index (κ1) is 14.7. The summed E-state index contributed by atoms with van der Waals surface area (Å²) in [5, 5.41) is 1.02. The molecule has 0 saturated carbocycles. The number of primary amides is 1. The van der Waals surface area contributed by atoms with E-state index in [0.717, 1.165) is 11.1 Å². The van der Waals surface area contributed by atoms with Crippen LogP contribution in [-0.4, -0.2) is 5.91 Å². The van der Waals surface area contributed by atoms with Gasteiger partial charge in [-0.15, -0.1) is 0 Å². The van der Waals surface area contributed by atoms with Crippen LogP contribution in [0.15, 0.2) is 36.4 Å². The Hall–Kier alpha value is -1.71. The number of nitrogen functional groups attached to an aromatic ring is 1. The number of anilines is 1. The molecular formula is C15H14Cl2N2O. The van der Waals surface area contributed by atoms with E-state index < -0.39 is 11.8 Å². The maximum Gasteiger partial charge on any atom is 0.229 e. The van der Waals surface area contributed by atoms with Crippen molar-refractivity contribution in [2.45, 2.75) is 12.8 Å². The van der Waals surface area contributed by atoms with E-state index in [1.807, 2.05) is 6.92 Å². The first-order chi connectivity index (χ1) is 9.40. The average molecular weight is 309 g/mol. The van der Waals surface area contributed by atoms with Crippen LogP contribution in [0.5, 0.6) is 0 Å². The number of hydrogen-bond donors (Lipinski definition) is 2. The summed E-state index contributed by atoms with van der Waals surface area (Å²) in [6.45, 7) is 1.86. The highest BCUT2D eigenvalue weighted by Crippen LogP contribution is 2.33. The summed E-state index contributed by atoms with van der Waals surface area (Å²) in [5.41, 5.74) is 14.2. The lowest BCUT2D eigenvalue weighted by Gasteiger charge is -2.17. The van der Waals surface area contributed by atoms with Crippen molar-refractivity contribution in [3.8, 4) is 0 Å². The molecule has 104 valence electrons. The van der Waals surface area contributed by atoms with Gasteiger partial charge in [0, 0.05) is 15.7 Å². The van der Waals surface area contributed by atoms with Gasteiger partial charge in [0.15, 0.2) is 0 Å². The van der Waals surface area contributed by atoms with Crippen LogP contribution in [0.1, 0.15) is 22.6 Å². The predicted octanol–water partition coefficient (Wildman–Crippen LogP) is 3.50. The van der Waals surface area contributed by atoms with E-state index in [1.165, 1.54) is 0 Å². The van der Waals surface area contributed by atoms with Gasteiger partial charge in [0.2, 0.25) is 5.91 Å². The molecule has 5 heteroatoms. The fraction of sp³-hybridized carbons (Fsp3) is 0.133. The van der Waals surface area contributed by atoms with Crippen molar-refractivity contribution < 1.29 is 4.79 Å². The number of hydrogen-bond acceptors (Lipinski definition) is 2. The van der Waals surface area contributed by atoms with Gasteiger partial charge in [-0.2, -0.15) is 0 Å². The van der Waals surface area contributed by atoms with Crippen LogP contribution in [0.25, 0.3) is 0 Å². The van der Waals surface area contributed by atoms with E-state index in [9.17, 15) is 4.79 Å². The van der Waals surface area contributed by atoms with Crippen LogP contribution < -0.4 is 11.5 Å². The second-order valence-electron chi connectivity index (χ2n) is 4.62. The molecule has 0 aromatic heterocycles. The van der Waals surface area contributed by atoms with Crippen LogP contribution in [0.2, 0.25) is 10.0 Å². The van der Waals surface area contributed by atoms with Crippen LogP contribution in [0, 0.1) is 6.92 Å². The van der Waals surface area contributed by atoms with Crippen LogP contribution in [0.4, 0.5) is 5.69 Å². The number of rotatable bonds is 3. The second kappa shape index (κ2) is 5.73. The van der Waals surface area contributed by atoms with Crippen LogP contribution in [-0.2, 0) is 4.79 Å². The van der Waals surface area contributed by atoms with Crippen molar-refractivity contribution in [2.75, 3.05) is 5.73 Å². The molecule has 2 rings (SSSR count). The van der Waals surface area contributed by atoms with Gasteiger partial charge in [0.1, 0.15) is 0 Å². The molecule has 2 aromatic rings. The van der Waals surface area contributed by atoms with E-state index in [-0.39, 0.29) is 0 Å². The number of halogens is 2. The van der Waals surface area contributed by atoms with Gasteiger partial charge in [0.05, 0.1) is 5.92 Å². The second-order valence-corrected chi connectivity index (χ2v) is 5.46. The lowest BCUT2D eigenvalue weighted by molar-refractivity contribution is -0.118. The Morgan fingerprint density at radius 3 is 2.30 bits per heavy atom. The fourth-order valence-corrected chi connectivity index (χ4v) is 2.50. The van der Waals surface area contributed by atoms with Gasteiger partial charge in [-0.1, -0.05) is 41.4 Å². The SMILES string of the molecule is Cc1cc([C@@H](C(N)=O)c2ccc(Cl)cc2)c(Cl)cc1N. The zero-order valence-corrected chi connectivity index (χ0v) is 12.4. The third-order valence-corrected chi connectivity index (χ3v) is 3.76. The molecule has 2 aromatic carbocycles. The molecular weight excluding hydrogens is 295 g/mol. The number of carbonyl (C=O) groups excluding carboxylic acids is 1. The van der Waals surface area contributed by atoms with Crippen molar-refractivity contribution in [2.24, 2.45) is 5.73 Å². The Kier molecular flexibility index (Phi) is 4.21. The average Bonchev–Trinajstić information content (AvgIpc) is 2.38. The Labute approximate surface area is 127 Å². The van der Waals surface area contributed by atoms with Gasteiger partial charge in [-0.3, -0.25) is 4.79 Å². The highest BCUT2D eigenvalue weighted by Gasteiger charge is 2.23. The van der Waals surface area contributed by atoms with Gasteiger partial charge < -0.3 is 11.5 Å². The topological polar surface area (TPSA) is 69.1 Å². The maximum absolute atomic E-state index is 11.8. The molecule has 20 heavy (non-hydrogen) atoms. The smallest absolute Gasteiger partial charge is 0.229 e. The largest absolute Gasteiger partial charge is 0.398 e. The fourth-order valence-electron chi connectivity index (χ4n) is 2.09. The summed E-state index contributed by atoms with van der Waals surface area (Å²) in [6.07, 6.45) is 0. The highest BCUT2D eigenvalue weighted by atomic mass is 35.5. The Bertz CT molecular complexity index is 654. The zero-order valence-electron chi connectivity index (χ0n) is 10.9. The quantitative estimate of drug-likeness (QED) is 0.852. The first-order valence-corrected chi connectivity index (χ1v) is 6.76. The van der Waals surface area contributed by atoms with Crippen molar-refractivity contribution in [1.29, 1.82) is 0 Å². The molecule has 0 aliphatic heterocycles. The molecule has 0 spiro atoms. The minimum atomic E-state index is -0.626. The minimum Gasteiger partial charge on any atom is -0.398 e. The molecule has 4 N–H and O–H groups in total. The van der Waals surface area contributed by atoms with E-state index in [4.69, 9.17) is 34.7 Å². The van der Waals surface area contributed by atoms with E-state index in [1.54, 1.807) is 36.4 Å². The normalized spacial score (nSPS) is 12.2. The molecule has 0 bridgehead atoms. The van der Waals surface area contributed by atoms with Gasteiger partial charge >= 0.3 is 0 Å². The standard InChI is InChI=1S/C15H14Cl2N2O/c1-8-6-11(12(17)7-13(8)18)14(15(19)20)9-2-4-10(16)5-3-9/h2-7,14H,18H2,1H3,(H2,19,20)/t14-/m0/s1. The summed E-state index contributed by atoms with van der Waals surface area (Å²) < 4.78 is 0. The predicted molar refractivity (Wildman–Crippen MR) is 83.1 cm³/mol. The summed E-state index contributed by atoms with van der Waals surface area (Å²) in [6, 6.07) is 10.4. The third kappa shape index (κ3) is 2.89. The Morgan fingerprint density at radius 2 is 1.75 bits per heavy atom. The third-order valence-electron chi connectivity index (χ3n) is 3.18. The van der Waals surface area contributed by atoms with E-state index >= 15 is 0 Å². The lowest BCUT2D eigenvalue weighted by Crippen LogP contribution is -2.23. The molecule has 3 nitrogen and oxygen atoms in total. The van der Waals surface area contributed by atoms with Crippen LogP contribution in [0.3, 0.4) is 0 Å². The summed E-state index contributed by atoms with van der Waals surface area (Å²) in [7, 11) is 0. The zero-order chi connectivity index (χ0) is 14.9. The lowest BCUT2D eigenvalue weighted by atomic mass is 9.89. The minimum absolute atomic E-state index is 0.423. The highest BCUT2D eigenvalue weighted by molar-refractivity contribution is 6.32. The van der Waals surface area contributed by atoms with Gasteiger partial charge in [-0.05, 0) is 41.8 Å². The number of aryl methyl sites for hydroxylation is 1.